The van der Waals surface area contributed by atoms with Gasteiger partial charge in [-0.15, -0.1) is 0 Å². The van der Waals surface area contributed by atoms with Gasteiger partial charge in [-0.05, 0) is 41.1 Å². The summed E-state index contributed by atoms with van der Waals surface area (Å²) in [6.45, 7) is 8.88. The molecule has 0 saturated carbocycles. The number of hydrogen-bond acceptors (Lipinski definition) is 5. The third-order valence-corrected chi connectivity index (χ3v) is 6.51. The van der Waals surface area contributed by atoms with Crippen molar-refractivity contribution in [2.24, 2.45) is 5.92 Å². The van der Waals surface area contributed by atoms with Gasteiger partial charge in [0.05, 0.1) is 4.90 Å². The molecule has 1 fully saturated rings. The normalized spacial score (nSPS) is 15.0. The Kier molecular flexibility index (Phi) is 8.60. The van der Waals surface area contributed by atoms with Crippen LogP contribution in [0.15, 0.2) is 70.4 Å². The first kappa shape index (κ1) is 25.6. The molecule has 9 heteroatoms. The maximum absolute atomic E-state index is 13.2. The summed E-state index contributed by atoms with van der Waals surface area (Å²) < 4.78 is 28.9. The summed E-state index contributed by atoms with van der Waals surface area (Å²) in [7, 11) is -4.00. The molecule has 0 radical (unpaired) electrons. The number of carbonyl (C=O) groups is 1. The first-order valence-corrected chi connectivity index (χ1v) is 12.9. The Morgan fingerprint density at radius 3 is 2.26 bits per heavy atom. The Hall–Kier alpha value is -3.01. The van der Waals surface area contributed by atoms with Crippen LogP contribution in [0.3, 0.4) is 0 Å². The number of rotatable bonds is 5. The van der Waals surface area contributed by atoms with Gasteiger partial charge < -0.3 is 15.2 Å². The number of nitrogens with zero attached hydrogens (tertiary/aromatic N) is 1. The number of aromatic amines is 1. The lowest BCUT2D eigenvalue weighted by Crippen LogP contribution is -2.50. The van der Waals surface area contributed by atoms with Crippen molar-refractivity contribution in [3.8, 4) is 0 Å². The van der Waals surface area contributed by atoms with Crippen LogP contribution < -0.4 is 15.6 Å². The van der Waals surface area contributed by atoms with Gasteiger partial charge in [0.2, 0.25) is 21.5 Å². The molecule has 34 heavy (non-hydrogen) atoms. The van der Waals surface area contributed by atoms with E-state index in [1.165, 1.54) is 18.2 Å². The number of pyridine rings is 1. The second-order valence-electron chi connectivity index (χ2n) is 8.84. The topological polar surface area (TPSA) is 111 Å². The molecule has 1 aromatic heterocycles. The first-order chi connectivity index (χ1) is 16.2. The van der Waals surface area contributed by atoms with Gasteiger partial charge in [0.1, 0.15) is 6.04 Å². The van der Waals surface area contributed by atoms with Gasteiger partial charge >= 0.3 is 0 Å². The van der Waals surface area contributed by atoms with E-state index in [9.17, 15) is 18.0 Å². The van der Waals surface area contributed by atoms with Crippen LogP contribution in [0.5, 0.6) is 0 Å². The Bertz CT molecular complexity index is 1260. The third kappa shape index (κ3) is 6.75. The molecule has 0 unspecified atom stereocenters. The fourth-order valence-electron chi connectivity index (χ4n) is 3.50. The van der Waals surface area contributed by atoms with E-state index in [2.05, 4.69) is 35.8 Å². The highest BCUT2D eigenvalue weighted by Crippen LogP contribution is 2.22. The van der Waals surface area contributed by atoms with Crippen molar-refractivity contribution in [3.63, 3.8) is 0 Å². The van der Waals surface area contributed by atoms with E-state index in [1.807, 2.05) is 6.07 Å². The number of sulfonamides is 1. The third-order valence-electron chi connectivity index (χ3n) is 5.09. The molecule has 1 amide bonds. The van der Waals surface area contributed by atoms with Crippen LogP contribution in [-0.4, -0.2) is 50.4 Å². The number of H-pyrrole nitrogens is 1. The standard InChI is InChI=1S/C21H22N4O4S.C4H10/c26-19-9-6-16-14-17(7-8-18(16)23-19)30(28,29)24-20(15-4-2-1-3-5-15)21(27)25-12-10-22-11-13-25;1-4(2)3/h1-9,14,20,22,24H,10-13H2,(H,23,26);4H,1-3H3/t20-;/m1./s1. The quantitative estimate of drug-likeness (QED) is 0.516. The summed E-state index contributed by atoms with van der Waals surface area (Å²) in [6, 6.07) is 15.1. The van der Waals surface area contributed by atoms with Gasteiger partial charge in [-0.25, -0.2) is 8.42 Å². The largest absolute Gasteiger partial charge is 0.338 e. The average Bonchev–Trinajstić information content (AvgIpc) is 2.82. The zero-order valence-corrected chi connectivity index (χ0v) is 20.6. The summed E-state index contributed by atoms with van der Waals surface area (Å²) in [5.41, 5.74) is 0.856. The Morgan fingerprint density at radius 2 is 1.62 bits per heavy atom. The molecular formula is C25H32N4O4S. The minimum Gasteiger partial charge on any atom is -0.338 e. The van der Waals surface area contributed by atoms with Crippen molar-refractivity contribution in [1.82, 2.24) is 19.9 Å². The second-order valence-corrected chi connectivity index (χ2v) is 10.6. The number of piperazine rings is 1. The predicted octanol–water partition coefficient (Wildman–Crippen LogP) is 2.64. The van der Waals surface area contributed by atoms with E-state index < -0.39 is 16.1 Å². The van der Waals surface area contributed by atoms with Crippen molar-refractivity contribution < 1.29 is 13.2 Å². The summed E-state index contributed by atoms with van der Waals surface area (Å²) >= 11 is 0. The van der Waals surface area contributed by atoms with Crippen LogP contribution in [0.2, 0.25) is 0 Å². The van der Waals surface area contributed by atoms with Gasteiger partial charge in [-0.1, -0.05) is 51.1 Å². The lowest BCUT2D eigenvalue weighted by molar-refractivity contribution is -0.133. The van der Waals surface area contributed by atoms with Crippen molar-refractivity contribution in [2.75, 3.05) is 26.2 Å². The van der Waals surface area contributed by atoms with Gasteiger partial charge in [0, 0.05) is 37.8 Å². The molecule has 0 spiro atoms. The SMILES string of the molecule is CC(C)C.O=C([C@H](NS(=O)(=O)c1ccc2[nH]c(=O)ccc2c1)c1ccccc1)N1CCNCC1. The van der Waals surface area contributed by atoms with Crippen LogP contribution in [0.1, 0.15) is 32.4 Å². The zero-order chi connectivity index (χ0) is 24.7. The molecule has 182 valence electrons. The molecule has 3 aromatic rings. The van der Waals surface area contributed by atoms with E-state index in [0.717, 1.165) is 5.92 Å². The summed E-state index contributed by atoms with van der Waals surface area (Å²) in [4.78, 5) is 29.0. The molecule has 4 rings (SSSR count). The van der Waals surface area contributed by atoms with Gasteiger partial charge in [-0.3, -0.25) is 9.59 Å². The fourth-order valence-corrected chi connectivity index (χ4v) is 4.71. The van der Waals surface area contributed by atoms with Gasteiger partial charge in [-0.2, -0.15) is 4.72 Å². The summed E-state index contributed by atoms with van der Waals surface area (Å²) in [5, 5.41) is 3.77. The molecule has 8 nitrogen and oxygen atoms in total. The van der Waals surface area contributed by atoms with Crippen molar-refractivity contribution in [3.05, 3.63) is 76.6 Å². The lowest BCUT2D eigenvalue weighted by atomic mass is 10.1. The molecule has 2 heterocycles. The molecular weight excluding hydrogens is 452 g/mol. The zero-order valence-electron chi connectivity index (χ0n) is 19.7. The highest BCUT2D eigenvalue weighted by atomic mass is 32.2. The minimum atomic E-state index is -4.00. The smallest absolute Gasteiger partial charge is 0.248 e. The molecule has 1 saturated heterocycles. The van der Waals surface area contributed by atoms with E-state index in [-0.39, 0.29) is 16.4 Å². The van der Waals surface area contributed by atoms with E-state index in [0.29, 0.717) is 42.6 Å². The molecule has 3 N–H and O–H groups in total. The van der Waals surface area contributed by atoms with Crippen molar-refractivity contribution in [1.29, 1.82) is 0 Å². The molecule has 0 bridgehead atoms. The highest BCUT2D eigenvalue weighted by Gasteiger charge is 2.31. The van der Waals surface area contributed by atoms with Gasteiger partial charge in [0.15, 0.2) is 0 Å². The number of carbonyl (C=O) groups excluding carboxylic acids is 1. The van der Waals surface area contributed by atoms with Crippen LogP contribution in [0.25, 0.3) is 10.9 Å². The first-order valence-electron chi connectivity index (χ1n) is 11.4. The van der Waals surface area contributed by atoms with Crippen LogP contribution in [0.4, 0.5) is 0 Å². The number of amides is 1. The number of fused-ring (bicyclic) bond motifs is 1. The fraction of sp³-hybridized carbons (Fsp3) is 0.360. The van der Waals surface area contributed by atoms with Crippen molar-refractivity contribution >= 4 is 26.8 Å². The van der Waals surface area contributed by atoms with E-state index >= 15 is 0 Å². The lowest BCUT2D eigenvalue weighted by Gasteiger charge is -2.31. The number of benzene rings is 2. The van der Waals surface area contributed by atoms with Crippen molar-refractivity contribution in [2.45, 2.75) is 31.7 Å². The van der Waals surface area contributed by atoms with Crippen LogP contribution in [-0.2, 0) is 14.8 Å². The Labute approximate surface area is 200 Å². The molecule has 0 aliphatic carbocycles. The minimum absolute atomic E-state index is 0.0242. The highest BCUT2D eigenvalue weighted by molar-refractivity contribution is 7.89. The van der Waals surface area contributed by atoms with E-state index in [1.54, 1.807) is 41.3 Å². The second kappa shape index (κ2) is 11.4. The average molecular weight is 485 g/mol. The van der Waals surface area contributed by atoms with Crippen LogP contribution >= 0.6 is 0 Å². The Morgan fingerprint density at radius 1 is 0.971 bits per heavy atom. The molecule has 1 atom stereocenters. The summed E-state index contributed by atoms with van der Waals surface area (Å²) in [6.07, 6.45) is 0. The maximum Gasteiger partial charge on any atom is 0.248 e. The number of nitrogens with one attached hydrogen (secondary N) is 3. The molecule has 1 aliphatic heterocycles. The number of aromatic nitrogens is 1. The monoisotopic (exact) mass is 484 g/mol. The molecule has 2 aromatic carbocycles. The van der Waals surface area contributed by atoms with Crippen LogP contribution in [0, 0.1) is 5.92 Å². The predicted molar refractivity (Wildman–Crippen MR) is 134 cm³/mol. The maximum atomic E-state index is 13.2. The summed E-state index contributed by atoms with van der Waals surface area (Å²) in [5.74, 6) is 0.552. The molecule has 1 aliphatic rings. The van der Waals surface area contributed by atoms with E-state index in [4.69, 9.17) is 0 Å². The number of hydrogen-bond donors (Lipinski definition) is 3. The van der Waals surface area contributed by atoms with Gasteiger partial charge in [0.25, 0.3) is 0 Å². The Balaban J connectivity index is 0.000000751.